The summed E-state index contributed by atoms with van der Waals surface area (Å²) in [4.78, 5) is 23.9. The molecule has 0 bridgehead atoms. The molecule has 1 aromatic rings. The summed E-state index contributed by atoms with van der Waals surface area (Å²) >= 11 is 0. The lowest BCUT2D eigenvalue weighted by Gasteiger charge is -2.30. The van der Waals surface area contributed by atoms with E-state index in [1.165, 1.54) is 0 Å². The van der Waals surface area contributed by atoms with Gasteiger partial charge < -0.3 is 10.6 Å². The van der Waals surface area contributed by atoms with E-state index in [1.807, 2.05) is 30.3 Å². The van der Waals surface area contributed by atoms with Crippen LogP contribution >= 0.6 is 0 Å². The smallest absolute Gasteiger partial charge is 0.319 e. The number of carbonyl (C=O) groups excluding carboxylic acids is 2. The Morgan fingerprint density at radius 2 is 1.90 bits per heavy atom. The summed E-state index contributed by atoms with van der Waals surface area (Å²) in [6.07, 6.45) is 0.749. The molecule has 0 spiro atoms. The van der Waals surface area contributed by atoms with Crippen LogP contribution in [0.5, 0.6) is 0 Å². The van der Waals surface area contributed by atoms with Crippen molar-refractivity contribution in [1.82, 2.24) is 10.6 Å². The average Bonchev–Trinajstić information content (AvgIpc) is 2.37. The van der Waals surface area contributed by atoms with E-state index >= 15 is 0 Å². The van der Waals surface area contributed by atoms with Crippen LogP contribution in [0.3, 0.4) is 0 Å². The van der Waals surface area contributed by atoms with Crippen molar-refractivity contribution in [1.29, 1.82) is 0 Å². The van der Waals surface area contributed by atoms with Crippen LogP contribution < -0.4 is 10.6 Å². The zero-order valence-electron chi connectivity index (χ0n) is 12.1. The molecule has 1 unspecified atom stereocenters. The second-order valence-electron chi connectivity index (χ2n) is 5.49. The largest absolute Gasteiger partial charge is 0.331 e. The first kappa shape index (κ1) is 14.3. The molecule has 1 atom stereocenters. The topological polar surface area (TPSA) is 58.2 Å². The highest BCUT2D eigenvalue weighted by Crippen LogP contribution is 2.25. The van der Waals surface area contributed by atoms with Crippen LogP contribution in [-0.2, 0) is 4.79 Å². The molecule has 0 saturated carbocycles. The Labute approximate surface area is 119 Å². The number of hydrogen-bond acceptors (Lipinski definition) is 2. The van der Waals surface area contributed by atoms with Crippen molar-refractivity contribution in [3.8, 4) is 0 Å². The molecule has 4 heteroatoms. The predicted octanol–water partition coefficient (Wildman–Crippen LogP) is 2.71. The lowest BCUT2D eigenvalue weighted by molar-refractivity contribution is -0.113. The van der Waals surface area contributed by atoms with Gasteiger partial charge in [0.25, 0.3) is 0 Å². The molecular weight excluding hydrogens is 252 g/mol. The molecule has 1 aromatic carbocycles. The van der Waals surface area contributed by atoms with Crippen LogP contribution in [0.15, 0.2) is 35.9 Å². The van der Waals surface area contributed by atoms with Gasteiger partial charge in [0.05, 0.1) is 11.7 Å². The van der Waals surface area contributed by atoms with E-state index in [0.29, 0.717) is 17.2 Å². The Morgan fingerprint density at radius 3 is 2.45 bits per heavy atom. The molecule has 106 valence electrons. The Morgan fingerprint density at radius 1 is 1.25 bits per heavy atom. The molecule has 0 fully saturated rings. The summed E-state index contributed by atoms with van der Waals surface area (Å²) < 4.78 is 0. The van der Waals surface area contributed by atoms with E-state index in [9.17, 15) is 9.59 Å². The van der Waals surface area contributed by atoms with Crippen molar-refractivity contribution < 1.29 is 9.59 Å². The number of ketones is 1. The highest BCUT2D eigenvalue weighted by atomic mass is 16.2. The van der Waals surface area contributed by atoms with Gasteiger partial charge in [-0.15, -0.1) is 0 Å². The Hall–Kier alpha value is -2.10. The van der Waals surface area contributed by atoms with Crippen LogP contribution in [-0.4, -0.2) is 17.9 Å². The van der Waals surface area contributed by atoms with E-state index in [2.05, 4.69) is 24.5 Å². The molecule has 2 amide bonds. The van der Waals surface area contributed by atoms with Crippen LogP contribution in [0.4, 0.5) is 4.79 Å². The third-order valence-corrected chi connectivity index (χ3v) is 3.31. The van der Waals surface area contributed by atoms with E-state index in [1.54, 1.807) is 6.92 Å². The first-order valence-corrected chi connectivity index (χ1v) is 6.87. The first-order valence-electron chi connectivity index (χ1n) is 6.87. The van der Waals surface area contributed by atoms with Crippen molar-refractivity contribution in [2.45, 2.75) is 33.2 Å². The summed E-state index contributed by atoms with van der Waals surface area (Å²) in [6, 6.07) is 9.02. The highest BCUT2D eigenvalue weighted by Gasteiger charge is 2.30. The number of rotatable bonds is 4. The van der Waals surface area contributed by atoms with E-state index in [-0.39, 0.29) is 17.9 Å². The lowest BCUT2D eigenvalue weighted by Crippen LogP contribution is -2.49. The zero-order valence-corrected chi connectivity index (χ0v) is 12.1. The van der Waals surface area contributed by atoms with Crippen LogP contribution in [0, 0.1) is 5.92 Å². The Kier molecular flexibility index (Phi) is 4.23. The quantitative estimate of drug-likeness (QED) is 0.885. The van der Waals surface area contributed by atoms with Crippen LogP contribution in [0.2, 0.25) is 0 Å². The van der Waals surface area contributed by atoms with Gasteiger partial charge in [-0.25, -0.2) is 4.79 Å². The van der Waals surface area contributed by atoms with Crippen molar-refractivity contribution in [2.75, 3.05) is 0 Å². The van der Waals surface area contributed by atoms with Crippen LogP contribution in [0.1, 0.15) is 32.8 Å². The number of Topliss-reactive ketones (excluding diaryl/α,β-unsaturated/α-hetero) is 1. The van der Waals surface area contributed by atoms with Gasteiger partial charge in [-0.05, 0) is 24.8 Å². The molecule has 0 aromatic heterocycles. The van der Waals surface area contributed by atoms with Crippen molar-refractivity contribution in [2.24, 2.45) is 5.92 Å². The first-order chi connectivity index (χ1) is 9.49. The van der Waals surface area contributed by atoms with Gasteiger partial charge in [-0.2, -0.15) is 0 Å². The number of benzene rings is 1. The number of nitrogens with one attached hydrogen (secondary N) is 2. The fourth-order valence-corrected chi connectivity index (χ4v) is 2.52. The predicted molar refractivity (Wildman–Crippen MR) is 79.0 cm³/mol. The van der Waals surface area contributed by atoms with Gasteiger partial charge in [0.2, 0.25) is 0 Å². The minimum Gasteiger partial charge on any atom is -0.331 e. The monoisotopic (exact) mass is 272 g/mol. The van der Waals surface area contributed by atoms with Crippen molar-refractivity contribution >= 4 is 17.5 Å². The van der Waals surface area contributed by atoms with Gasteiger partial charge in [0.15, 0.2) is 5.78 Å². The van der Waals surface area contributed by atoms with Gasteiger partial charge in [0, 0.05) is 5.57 Å². The average molecular weight is 272 g/mol. The second-order valence-corrected chi connectivity index (χ2v) is 5.49. The minimum absolute atomic E-state index is 0.0120. The Bertz CT molecular complexity index is 547. The number of carbonyl (C=O) groups is 2. The number of amides is 2. The molecule has 0 aliphatic carbocycles. The standard InChI is InChI=1S/C16H20N2O2/c1-10(2)9-13-14(11(3)19)15(18-16(20)17-13)12-7-5-4-6-8-12/h4-8,10,13H,9H2,1-3H3,(H2,17,18,20). The zero-order chi connectivity index (χ0) is 14.7. The molecule has 2 rings (SSSR count). The molecule has 4 nitrogen and oxygen atoms in total. The summed E-state index contributed by atoms with van der Waals surface area (Å²) in [5, 5.41) is 5.63. The van der Waals surface area contributed by atoms with E-state index < -0.39 is 0 Å². The maximum Gasteiger partial charge on any atom is 0.319 e. The van der Waals surface area contributed by atoms with Crippen molar-refractivity contribution in [3.05, 3.63) is 41.5 Å². The maximum absolute atomic E-state index is 12.0. The summed E-state index contributed by atoms with van der Waals surface area (Å²) in [7, 11) is 0. The third-order valence-electron chi connectivity index (χ3n) is 3.31. The molecule has 1 aliphatic rings. The number of hydrogen-bond donors (Lipinski definition) is 2. The normalized spacial score (nSPS) is 18.8. The van der Waals surface area contributed by atoms with Gasteiger partial charge >= 0.3 is 6.03 Å². The second kappa shape index (κ2) is 5.90. The minimum atomic E-state index is -0.250. The summed E-state index contributed by atoms with van der Waals surface area (Å²) in [5.41, 5.74) is 2.15. The fraction of sp³-hybridized carbons (Fsp3) is 0.375. The van der Waals surface area contributed by atoms with E-state index in [0.717, 1.165) is 12.0 Å². The third kappa shape index (κ3) is 3.07. The summed E-state index contributed by atoms with van der Waals surface area (Å²) in [6.45, 7) is 5.70. The molecule has 0 radical (unpaired) electrons. The molecule has 20 heavy (non-hydrogen) atoms. The summed E-state index contributed by atoms with van der Waals surface area (Å²) in [5.74, 6) is 0.381. The fourth-order valence-electron chi connectivity index (χ4n) is 2.52. The van der Waals surface area contributed by atoms with E-state index in [4.69, 9.17) is 0 Å². The molecule has 1 aliphatic heterocycles. The highest BCUT2D eigenvalue weighted by molar-refractivity contribution is 6.06. The SMILES string of the molecule is CC(=O)C1=C(c2ccccc2)NC(=O)NC1CC(C)C. The molecule has 0 saturated heterocycles. The lowest BCUT2D eigenvalue weighted by atomic mass is 9.90. The maximum atomic E-state index is 12.0. The van der Waals surface area contributed by atoms with Gasteiger partial charge in [-0.3, -0.25) is 4.79 Å². The molecule has 1 heterocycles. The molecular formula is C16H20N2O2. The van der Waals surface area contributed by atoms with Crippen molar-refractivity contribution in [3.63, 3.8) is 0 Å². The molecule has 2 N–H and O–H groups in total. The Balaban J connectivity index is 2.50. The van der Waals surface area contributed by atoms with Gasteiger partial charge in [0.1, 0.15) is 0 Å². The van der Waals surface area contributed by atoms with Gasteiger partial charge in [-0.1, -0.05) is 44.2 Å². The van der Waals surface area contributed by atoms with Crippen LogP contribution in [0.25, 0.3) is 5.70 Å². The number of urea groups is 1.